The van der Waals surface area contributed by atoms with Crippen LogP contribution in [-0.2, 0) is 10.0 Å². The van der Waals surface area contributed by atoms with E-state index in [1.807, 2.05) is 18.2 Å². The van der Waals surface area contributed by atoms with Crippen molar-refractivity contribution in [2.45, 2.75) is 31.6 Å². The first-order valence-corrected chi connectivity index (χ1v) is 12.4. The first-order chi connectivity index (χ1) is 15.8. The highest BCUT2D eigenvalue weighted by molar-refractivity contribution is 7.89. The van der Waals surface area contributed by atoms with Crippen molar-refractivity contribution in [3.8, 4) is 0 Å². The summed E-state index contributed by atoms with van der Waals surface area (Å²) < 4.78 is 41.3. The molecule has 0 bridgehead atoms. The van der Waals surface area contributed by atoms with E-state index in [1.165, 1.54) is 6.07 Å². The number of carbonyl (C=O) groups excluding carboxylic acids is 1. The lowest BCUT2D eigenvalue weighted by Gasteiger charge is -2.21. The molecule has 1 fully saturated rings. The van der Waals surface area contributed by atoms with Crippen molar-refractivity contribution in [3.05, 3.63) is 53.8 Å². The van der Waals surface area contributed by atoms with E-state index in [-0.39, 0.29) is 24.5 Å². The van der Waals surface area contributed by atoms with Crippen molar-refractivity contribution < 1.29 is 17.6 Å². The van der Waals surface area contributed by atoms with Crippen LogP contribution in [-0.4, -0.2) is 54.8 Å². The van der Waals surface area contributed by atoms with Crippen molar-refractivity contribution >= 4 is 38.6 Å². The molecule has 0 saturated carbocycles. The minimum absolute atomic E-state index is 0.0180. The number of nitrogens with one attached hydrogen (secondary N) is 1. The number of aromatic nitrogens is 2. The SMILES string of the molecule is CCN(CC)S(=O)(=O)c1cc(C(=O)Nc2nc3ccccc3nc2N2CCCC2)ccc1F. The maximum absolute atomic E-state index is 14.5. The van der Waals surface area contributed by atoms with Gasteiger partial charge < -0.3 is 10.2 Å². The number of benzene rings is 2. The van der Waals surface area contributed by atoms with Crippen molar-refractivity contribution in [3.63, 3.8) is 0 Å². The van der Waals surface area contributed by atoms with Crippen LogP contribution < -0.4 is 10.2 Å². The molecule has 0 unspecified atom stereocenters. The number of halogens is 1. The van der Waals surface area contributed by atoms with Crippen LogP contribution in [0, 0.1) is 5.82 Å². The molecular formula is C23H26FN5O3S. The number of nitrogens with zero attached hydrogens (tertiary/aromatic N) is 4. The zero-order valence-corrected chi connectivity index (χ0v) is 19.4. The van der Waals surface area contributed by atoms with Gasteiger partial charge in [0.25, 0.3) is 5.91 Å². The third-order valence-corrected chi connectivity index (χ3v) is 7.77. The van der Waals surface area contributed by atoms with Gasteiger partial charge in [-0.2, -0.15) is 4.31 Å². The van der Waals surface area contributed by atoms with Gasteiger partial charge in [-0.3, -0.25) is 4.79 Å². The average Bonchev–Trinajstić information content (AvgIpc) is 3.34. The molecule has 4 rings (SSSR count). The van der Waals surface area contributed by atoms with Crippen LogP contribution >= 0.6 is 0 Å². The number of carbonyl (C=O) groups is 1. The number of hydrogen-bond donors (Lipinski definition) is 1. The fourth-order valence-electron chi connectivity index (χ4n) is 3.95. The highest BCUT2D eigenvalue weighted by Crippen LogP contribution is 2.29. The van der Waals surface area contributed by atoms with Crippen LogP contribution in [0.15, 0.2) is 47.4 Å². The predicted molar refractivity (Wildman–Crippen MR) is 125 cm³/mol. The Morgan fingerprint density at radius 1 is 1.06 bits per heavy atom. The molecule has 8 nitrogen and oxygen atoms in total. The van der Waals surface area contributed by atoms with E-state index >= 15 is 0 Å². The van der Waals surface area contributed by atoms with Crippen LogP contribution in [0.5, 0.6) is 0 Å². The van der Waals surface area contributed by atoms with E-state index in [0.717, 1.165) is 42.4 Å². The second-order valence-corrected chi connectivity index (χ2v) is 9.67. The molecule has 1 aromatic heterocycles. The number of anilines is 2. The quantitative estimate of drug-likeness (QED) is 0.565. The molecule has 2 aromatic carbocycles. The normalized spacial score (nSPS) is 14.2. The van der Waals surface area contributed by atoms with Crippen LogP contribution in [0.3, 0.4) is 0 Å². The minimum atomic E-state index is -4.07. The molecule has 0 atom stereocenters. The molecular weight excluding hydrogens is 445 g/mol. The van der Waals surface area contributed by atoms with Crippen molar-refractivity contribution in [1.82, 2.24) is 14.3 Å². The zero-order valence-electron chi connectivity index (χ0n) is 18.6. The van der Waals surface area contributed by atoms with E-state index in [4.69, 9.17) is 4.98 Å². The van der Waals surface area contributed by atoms with Crippen molar-refractivity contribution in [2.75, 3.05) is 36.4 Å². The molecule has 0 aliphatic carbocycles. The van der Waals surface area contributed by atoms with E-state index in [9.17, 15) is 17.6 Å². The summed E-state index contributed by atoms with van der Waals surface area (Å²) in [4.78, 5) is 23.9. The van der Waals surface area contributed by atoms with Gasteiger partial charge in [-0.05, 0) is 43.2 Å². The van der Waals surface area contributed by atoms with Crippen LogP contribution in [0.2, 0.25) is 0 Å². The molecule has 1 N–H and O–H groups in total. The molecule has 0 spiro atoms. The van der Waals surface area contributed by atoms with Gasteiger partial charge in [0.05, 0.1) is 11.0 Å². The van der Waals surface area contributed by atoms with E-state index in [0.29, 0.717) is 16.9 Å². The summed E-state index contributed by atoms with van der Waals surface area (Å²) in [5, 5.41) is 2.77. The Bertz CT molecular complexity index is 1290. The molecule has 1 aliphatic rings. The Morgan fingerprint density at radius 2 is 1.70 bits per heavy atom. The van der Waals surface area contributed by atoms with Gasteiger partial charge in [-0.15, -0.1) is 0 Å². The van der Waals surface area contributed by atoms with Gasteiger partial charge in [-0.1, -0.05) is 26.0 Å². The second-order valence-electron chi connectivity index (χ2n) is 7.77. The monoisotopic (exact) mass is 471 g/mol. The second kappa shape index (κ2) is 9.40. The fourth-order valence-corrected chi connectivity index (χ4v) is 5.50. The lowest BCUT2D eigenvalue weighted by molar-refractivity contribution is 0.102. The highest BCUT2D eigenvalue weighted by atomic mass is 32.2. The highest BCUT2D eigenvalue weighted by Gasteiger charge is 2.27. The third kappa shape index (κ3) is 4.53. The van der Waals surface area contributed by atoms with Gasteiger partial charge in [0.1, 0.15) is 10.7 Å². The van der Waals surface area contributed by atoms with Gasteiger partial charge in [0.15, 0.2) is 11.6 Å². The molecule has 1 aliphatic heterocycles. The van der Waals surface area contributed by atoms with Crippen molar-refractivity contribution in [1.29, 1.82) is 0 Å². The topological polar surface area (TPSA) is 95.5 Å². The van der Waals surface area contributed by atoms with Crippen LogP contribution in [0.25, 0.3) is 11.0 Å². The summed E-state index contributed by atoms with van der Waals surface area (Å²) in [5.41, 5.74) is 1.36. The van der Waals surface area contributed by atoms with Crippen molar-refractivity contribution in [2.24, 2.45) is 0 Å². The maximum Gasteiger partial charge on any atom is 0.256 e. The van der Waals surface area contributed by atoms with E-state index in [1.54, 1.807) is 19.9 Å². The average molecular weight is 472 g/mol. The Kier molecular flexibility index (Phi) is 6.57. The molecule has 3 aromatic rings. The summed E-state index contributed by atoms with van der Waals surface area (Å²) in [7, 11) is -4.07. The van der Waals surface area contributed by atoms with Crippen LogP contribution in [0.1, 0.15) is 37.0 Å². The van der Waals surface area contributed by atoms with Crippen LogP contribution in [0.4, 0.5) is 16.0 Å². The maximum atomic E-state index is 14.5. The van der Waals surface area contributed by atoms with Gasteiger partial charge in [-0.25, -0.2) is 22.8 Å². The lowest BCUT2D eigenvalue weighted by atomic mass is 10.2. The largest absolute Gasteiger partial charge is 0.354 e. The standard InChI is InChI=1S/C23H26FN5O3S/c1-3-29(4-2)33(31,32)20-15-16(11-12-17(20)24)23(30)27-21-22(28-13-7-8-14-28)26-19-10-6-5-9-18(19)25-21/h5-6,9-12,15H,3-4,7-8,13-14H2,1-2H3,(H,25,27,30). The lowest BCUT2D eigenvalue weighted by Crippen LogP contribution is -2.31. The molecule has 2 heterocycles. The minimum Gasteiger partial charge on any atom is -0.354 e. The predicted octanol–water partition coefficient (Wildman–Crippen LogP) is 3.65. The van der Waals surface area contributed by atoms with Gasteiger partial charge in [0.2, 0.25) is 10.0 Å². The summed E-state index contributed by atoms with van der Waals surface area (Å²) in [6, 6.07) is 10.7. The number of hydrogen-bond acceptors (Lipinski definition) is 6. The number of amides is 1. The van der Waals surface area contributed by atoms with E-state index < -0.39 is 26.6 Å². The molecule has 33 heavy (non-hydrogen) atoms. The zero-order chi connectivity index (χ0) is 23.6. The van der Waals surface area contributed by atoms with Gasteiger partial charge >= 0.3 is 0 Å². The molecule has 10 heteroatoms. The van der Waals surface area contributed by atoms with Gasteiger partial charge in [0, 0.05) is 31.7 Å². The fraction of sp³-hybridized carbons (Fsp3) is 0.348. The number of fused-ring (bicyclic) bond motifs is 1. The Morgan fingerprint density at radius 3 is 2.33 bits per heavy atom. The smallest absolute Gasteiger partial charge is 0.256 e. The number of sulfonamides is 1. The van der Waals surface area contributed by atoms with E-state index in [2.05, 4.69) is 15.2 Å². The summed E-state index contributed by atoms with van der Waals surface area (Å²) in [6.45, 7) is 5.35. The Balaban J connectivity index is 1.71. The Labute approximate surface area is 192 Å². The molecule has 1 saturated heterocycles. The Hall–Kier alpha value is -3.11. The first kappa shape index (κ1) is 23.1. The summed E-state index contributed by atoms with van der Waals surface area (Å²) in [5.74, 6) is -0.631. The first-order valence-electron chi connectivity index (χ1n) is 11.0. The number of rotatable bonds is 7. The molecule has 0 radical (unpaired) electrons. The number of para-hydroxylation sites is 2. The third-order valence-electron chi connectivity index (χ3n) is 5.71. The summed E-state index contributed by atoms with van der Waals surface area (Å²) in [6.07, 6.45) is 2.04. The summed E-state index contributed by atoms with van der Waals surface area (Å²) >= 11 is 0. The molecule has 174 valence electrons. The molecule has 1 amide bonds.